The van der Waals surface area contributed by atoms with Crippen LogP contribution in [0.5, 0.6) is 0 Å². The first kappa shape index (κ1) is 20.0. The van der Waals surface area contributed by atoms with Gasteiger partial charge in [-0.15, -0.1) is 10.2 Å². The van der Waals surface area contributed by atoms with Gasteiger partial charge in [0.2, 0.25) is 11.7 Å². The zero-order valence-corrected chi connectivity index (χ0v) is 17.3. The molecule has 2 aromatic carbocycles. The predicted molar refractivity (Wildman–Crippen MR) is 115 cm³/mol. The first-order chi connectivity index (χ1) is 14.6. The Labute approximate surface area is 178 Å². The molecule has 1 atom stereocenters. The van der Waals surface area contributed by atoms with Gasteiger partial charge < -0.3 is 10.3 Å². The Morgan fingerprint density at radius 2 is 2.00 bits per heavy atom. The lowest BCUT2D eigenvalue weighted by atomic mass is 10.2. The van der Waals surface area contributed by atoms with Crippen molar-refractivity contribution in [2.75, 3.05) is 6.54 Å². The number of imidazole rings is 1. The van der Waals surface area contributed by atoms with Crippen LogP contribution in [0.15, 0.2) is 48.5 Å². The van der Waals surface area contributed by atoms with E-state index in [9.17, 15) is 4.79 Å². The number of halogens is 1. The number of para-hydroxylation sites is 2. The number of rotatable bonds is 8. The quantitative estimate of drug-likeness (QED) is 0.422. The highest BCUT2D eigenvalue weighted by Crippen LogP contribution is 2.18. The lowest BCUT2D eigenvalue weighted by Crippen LogP contribution is -2.34. The van der Waals surface area contributed by atoms with Crippen LogP contribution in [-0.4, -0.2) is 42.6 Å². The second-order valence-corrected chi connectivity index (χ2v) is 7.40. The van der Waals surface area contributed by atoms with Gasteiger partial charge in [-0.1, -0.05) is 30.7 Å². The molecular weight excluding hydrogens is 402 g/mol. The number of H-pyrrole nitrogens is 1. The van der Waals surface area contributed by atoms with Crippen molar-refractivity contribution in [3.05, 3.63) is 59.4 Å². The van der Waals surface area contributed by atoms with Crippen molar-refractivity contribution in [3.8, 4) is 11.4 Å². The fraction of sp³-hybridized carbons (Fsp3) is 0.286. The van der Waals surface area contributed by atoms with E-state index in [0.717, 1.165) is 35.3 Å². The molecule has 154 valence electrons. The molecule has 0 aliphatic rings. The molecule has 1 unspecified atom stereocenters. The third-order valence-corrected chi connectivity index (χ3v) is 5.08. The number of carbonyl (C=O) groups excluding carboxylic acids is 1. The Hall–Kier alpha value is -3.26. The minimum Gasteiger partial charge on any atom is -0.354 e. The number of nitrogens with one attached hydrogen (secondary N) is 2. The van der Waals surface area contributed by atoms with E-state index in [1.807, 2.05) is 43.3 Å². The monoisotopic (exact) mass is 423 g/mol. The van der Waals surface area contributed by atoms with E-state index in [-0.39, 0.29) is 5.91 Å². The van der Waals surface area contributed by atoms with Gasteiger partial charge in [-0.05, 0) is 54.5 Å². The van der Waals surface area contributed by atoms with E-state index in [2.05, 4.69) is 30.7 Å². The lowest BCUT2D eigenvalue weighted by molar-refractivity contribution is -0.125. The lowest BCUT2D eigenvalue weighted by Gasteiger charge is -2.13. The van der Waals surface area contributed by atoms with Crippen LogP contribution >= 0.6 is 11.6 Å². The minimum atomic E-state index is -0.509. The molecule has 0 aliphatic heterocycles. The molecule has 1 amide bonds. The third-order valence-electron chi connectivity index (χ3n) is 4.83. The normalized spacial score (nSPS) is 12.2. The van der Waals surface area contributed by atoms with Gasteiger partial charge >= 0.3 is 0 Å². The summed E-state index contributed by atoms with van der Waals surface area (Å²) in [5, 5.41) is 16.1. The molecule has 0 saturated heterocycles. The van der Waals surface area contributed by atoms with E-state index in [0.29, 0.717) is 23.8 Å². The number of hydrogen-bond acceptors (Lipinski definition) is 5. The van der Waals surface area contributed by atoms with Crippen molar-refractivity contribution in [1.82, 2.24) is 35.5 Å². The van der Waals surface area contributed by atoms with Gasteiger partial charge in [-0.3, -0.25) is 4.79 Å². The SMILES string of the molecule is CCC(C(=O)NCCCc1nc2ccccc2[nH]1)n1nnc(-c2ccc(Cl)cc2)n1. The van der Waals surface area contributed by atoms with Crippen LogP contribution in [0.25, 0.3) is 22.4 Å². The van der Waals surface area contributed by atoms with Gasteiger partial charge in [0.25, 0.3) is 0 Å². The zero-order valence-electron chi connectivity index (χ0n) is 16.5. The molecule has 4 rings (SSSR count). The Bertz CT molecular complexity index is 1100. The van der Waals surface area contributed by atoms with Gasteiger partial charge in [-0.2, -0.15) is 4.80 Å². The van der Waals surface area contributed by atoms with E-state index in [1.54, 1.807) is 12.1 Å². The number of amides is 1. The van der Waals surface area contributed by atoms with Crippen LogP contribution in [0.3, 0.4) is 0 Å². The number of benzene rings is 2. The number of fused-ring (bicyclic) bond motifs is 1. The van der Waals surface area contributed by atoms with Crippen LogP contribution in [0.1, 0.15) is 31.6 Å². The summed E-state index contributed by atoms with van der Waals surface area (Å²) in [6, 6.07) is 14.6. The maximum Gasteiger partial charge on any atom is 0.246 e. The van der Waals surface area contributed by atoms with E-state index in [4.69, 9.17) is 11.6 Å². The maximum atomic E-state index is 12.6. The van der Waals surface area contributed by atoms with Gasteiger partial charge in [0, 0.05) is 23.6 Å². The topological polar surface area (TPSA) is 101 Å². The highest BCUT2D eigenvalue weighted by molar-refractivity contribution is 6.30. The largest absolute Gasteiger partial charge is 0.354 e. The van der Waals surface area contributed by atoms with Crippen molar-refractivity contribution >= 4 is 28.5 Å². The number of carbonyl (C=O) groups is 1. The predicted octanol–water partition coefficient (Wildman–Crippen LogP) is 3.57. The maximum absolute atomic E-state index is 12.6. The molecule has 2 aromatic heterocycles. The summed E-state index contributed by atoms with van der Waals surface area (Å²) in [6.45, 7) is 2.47. The van der Waals surface area contributed by atoms with Crippen LogP contribution < -0.4 is 5.32 Å². The van der Waals surface area contributed by atoms with E-state index >= 15 is 0 Å². The second-order valence-electron chi connectivity index (χ2n) is 6.96. The fourth-order valence-corrected chi connectivity index (χ4v) is 3.36. The average molecular weight is 424 g/mol. The van der Waals surface area contributed by atoms with Crippen LogP contribution in [0.4, 0.5) is 0 Å². The van der Waals surface area contributed by atoms with Crippen LogP contribution in [0, 0.1) is 0 Å². The zero-order chi connectivity index (χ0) is 20.9. The van der Waals surface area contributed by atoms with Crippen molar-refractivity contribution in [3.63, 3.8) is 0 Å². The second kappa shape index (κ2) is 9.04. The highest BCUT2D eigenvalue weighted by atomic mass is 35.5. The summed E-state index contributed by atoms with van der Waals surface area (Å²) in [7, 11) is 0. The van der Waals surface area contributed by atoms with Crippen molar-refractivity contribution in [2.45, 2.75) is 32.2 Å². The first-order valence-electron chi connectivity index (χ1n) is 9.91. The summed E-state index contributed by atoms with van der Waals surface area (Å²) in [6.07, 6.45) is 2.10. The summed E-state index contributed by atoms with van der Waals surface area (Å²) < 4.78 is 0. The molecule has 0 spiro atoms. The van der Waals surface area contributed by atoms with Crippen molar-refractivity contribution < 1.29 is 4.79 Å². The molecule has 0 radical (unpaired) electrons. The van der Waals surface area contributed by atoms with Crippen molar-refractivity contribution in [2.24, 2.45) is 0 Å². The summed E-state index contributed by atoms with van der Waals surface area (Å²) >= 11 is 5.92. The molecule has 0 aliphatic carbocycles. The Balaban J connectivity index is 1.32. The molecule has 0 saturated carbocycles. The molecule has 2 N–H and O–H groups in total. The summed E-state index contributed by atoms with van der Waals surface area (Å²) in [5.74, 6) is 1.26. The number of aryl methyl sites for hydroxylation is 1. The van der Waals surface area contributed by atoms with Crippen LogP contribution in [0.2, 0.25) is 5.02 Å². The molecule has 0 fully saturated rings. The molecular formula is C21H22ClN7O. The number of hydrogen-bond donors (Lipinski definition) is 2. The molecule has 0 bridgehead atoms. The van der Waals surface area contributed by atoms with E-state index < -0.39 is 6.04 Å². The molecule has 2 heterocycles. The first-order valence-corrected chi connectivity index (χ1v) is 10.3. The molecule has 8 nitrogen and oxygen atoms in total. The third kappa shape index (κ3) is 4.49. The van der Waals surface area contributed by atoms with Gasteiger partial charge in [0.15, 0.2) is 6.04 Å². The van der Waals surface area contributed by atoms with Gasteiger partial charge in [-0.25, -0.2) is 4.98 Å². The smallest absolute Gasteiger partial charge is 0.246 e. The Kier molecular flexibility index (Phi) is 6.04. The average Bonchev–Trinajstić information content (AvgIpc) is 3.39. The summed E-state index contributed by atoms with van der Waals surface area (Å²) in [4.78, 5) is 21.9. The Morgan fingerprint density at radius 3 is 2.77 bits per heavy atom. The standard InChI is InChI=1S/C21H22ClN7O/c1-2-18(29-27-20(26-28-29)14-9-11-15(22)12-10-14)21(30)23-13-5-8-19-24-16-6-3-4-7-17(16)25-19/h3-4,6-7,9-12,18H,2,5,8,13H2,1H3,(H,23,30)(H,24,25). The molecule has 30 heavy (non-hydrogen) atoms. The highest BCUT2D eigenvalue weighted by Gasteiger charge is 2.21. The number of nitrogens with zero attached hydrogens (tertiary/aromatic N) is 5. The number of aromatic nitrogens is 6. The van der Waals surface area contributed by atoms with Gasteiger partial charge in [0.05, 0.1) is 11.0 Å². The van der Waals surface area contributed by atoms with Crippen molar-refractivity contribution in [1.29, 1.82) is 0 Å². The fourth-order valence-electron chi connectivity index (χ4n) is 3.23. The minimum absolute atomic E-state index is 0.123. The van der Waals surface area contributed by atoms with Crippen LogP contribution in [-0.2, 0) is 11.2 Å². The molecule has 9 heteroatoms. The van der Waals surface area contributed by atoms with Gasteiger partial charge in [0.1, 0.15) is 5.82 Å². The number of aromatic amines is 1. The summed E-state index contributed by atoms with van der Waals surface area (Å²) in [5.41, 5.74) is 2.78. The Morgan fingerprint density at radius 1 is 1.20 bits per heavy atom. The van der Waals surface area contributed by atoms with E-state index in [1.165, 1.54) is 4.80 Å². The molecule has 4 aromatic rings. The number of tetrazole rings is 1.